The quantitative estimate of drug-likeness (QED) is 0.653. The fourth-order valence-corrected chi connectivity index (χ4v) is 7.54. The van der Waals surface area contributed by atoms with Crippen LogP contribution >= 0.6 is 0 Å². The lowest BCUT2D eigenvalue weighted by Gasteiger charge is -2.46. The van der Waals surface area contributed by atoms with Gasteiger partial charge in [-0.3, -0.25) is 9.67 Å². The van der Waals surface area contributed by atoms with Crippen molar-refractivity contribution in [3.8, 4) is 0 Å². The highest BCUT2D eigenvalue weighted by Gasteiger charge is 2.48. The van der Waals surface area contributed by atoms with Gasteiger partial charge in [0.2, 0.25) is 0 Å². The second kappa shape index (κ2) is 8.57. The summed E-state index contributed by atoms with van der Waals surface area (Å²) in [6.07, 6.45) is 19.1. The minimum Gasteiger partial charge on any atom is -0.375 e. The Bertz CT molecular complexity index is 899. The minimum atomic E-state index is 0.0926. The van der Waals surface area contributed by atoms with E-state index in [1.165, 1.54) is 69.2 Å². The van der Waals surface area contributed by atoms with Gasteiger partial charge in [-0.25, -0.2) is 0 Å². The van der Waals surface area contributed by atoms with E-state index in [-0.39, 0.29) is 11.0 Å². The van der Waals surface area contributed by atoms with Gasteiger partial charge in [0, 0.05) is 30.1 Å². The number of hydrogen-bond donors (Lipinski definition) is 1. The highest BCUT2D eigenvalue weighted by Crippen LogP contribution is 2.50. The summed E-state index contributed by atoms with van der Waals surface area (Å²) in [7, 11) is 0. The molecule has 2 aromatic rings. The molecular weight excluding hydrogens is 396 g/mol. The van der Waals surface area contributed by atoms with Gasteiger partial charge in [-0.2, -0.15) is 5.10 Å². The Morgan fingerprint density at radius 3 is 2.72 bits per heavy atom. The SMILES string of the molecule is c1ccc([C@]2(CCNC3CC(C4CCCC4)n4nccc43)CCOC3(CCCC3)C2)nc1. The third kappa shape index (κ3) is 3.71. The van der Waals surface area contributed by atoms with Crippen LogP contribution in [0.2, 0.25) is 0 Å². The molecule has 172 valence electrons. The summed E-state index contributed by atoms with van der Waals surface area (Å²) >= 11 is 0. The lowest BCUT2D eigenvalue weighted by atomic mass is 9.68. The van der Waals surface area contributed by atoms with Crippen LogP contribution in [0.1, 0.15) is 101 Å². The molecule has 32 heavy (non-hydrogen) atoms. The Morgan fingerprint density at radius 2 is 1.91 bits per heavy atom. The van der Waals surface area contributed by atoms with E-state index in [1.54, 1.807) is 0 Å². The first kappa shape index (κ1) is 20.9. The Balaban J connectivity index is 1.18. The average molecular weight is 435 g/mol. The zero-order valence-corrected chi connectivity index (χ0v) is 19.3. The van der Waals surface area contributed by atoms with Crippen LogP contribution in [-0.4, -0.2) is 33.5 Å². The maximum absolute atomic E-state index is 6.43. The summed E-state index contributed by atoms with van der Waals surface area (Å²) in [5.41, 5.74) is 2.89. The summed E-state index contributed by atoms with van der Waals surface area (Å²) in [5, 5.41) is 8.70. The molecule has 6 rings (SSSR count). The highest BCUT2D eigenvalue weighted by atomic mass is 16.5. The van der Waals surface area contributed by atoms with Crippen LogP contribution in [0.4, 0.5) is 0 Å². The Morgan fingerprint density at radius 1 is 1.03 bits per heavy atom. The van der Waals surface area contributed by atoms with Crippen LogP contribution in [0.5, 0.6) is 0 Å². The predicted octanol–water partition coefficient (Wildman–Crippen LogP) is 5.50. The van der Waals surface area contributed by atoms with Crippen molar-refractivity contribution in [3.63, 3.8) is 0 Å². The van der Waals surface area contributed by atoms with Crippen molar-refractivity contribution in [1.82, 2.24) is 20.1 Å². The molecule has 0 amide bonds. The number of nitrogens with one attached hydrogen (secondary N) is 1. The van der Waals surface area contributed by atoms with E-state index in [1.807, 2.05) is 18.5 Å². The van der Waals surface area contributed by atoms with Gasteiger partial charge in [0.15, 0.2) is 0 Å². The maximum Gasteiger partial charge on any atom is 0.0691 e. The fraction of sp³-hybridized carbons (Fsp3) is 0.704. The van der Waals surface area contributed by atoms with Crippen molar-refractivity contribution >= 4 is 0 Å². The molecule has 2 aliphatic heterocycles. The molecule has 2 unspecified atom stereocenters. The molecule has 4 aliphatic rings. The fourth-order valence-electron chi connectivity index (χ4n) is 7.54. The van der Waals surface area contributed by atoms with Crippen LogP contribution in [0.3, 0.4) is 0 Å². The molecule has 1 spiro atoms. The number of rotatable bonds is 6. The normalized spacial score (nSPS) is 32.0. The number of ether oxygens (including phenoxy) is 1. The molecule has 0 aromatic carbocycles. The molecular formula is C27H38N4O. The summed E-state index contributed by atoms with van der Waals surface area (Å²) in [4.78, 5) is 4.87. The van der Waals surface area contributed by atoms with Crippen molar-refractivity contribution < 1.29 is 4.74 Å². The molecule has 0 radical (unpaired) electrons. The molecule has 2 aromatic heterocycles. The van der Waals surface area contributed by atoms with E-state index in [9.17, 15) is 0 Å². The van der Waals surface area contributed by atoms with Gasteiger partial charge in [0.25, 0.3) is 0 Å². The van der Waals surface area contributed by atoms with Gasteiger partial charge in [-0.15, -0.1) is 0 Å². The zero-order valence-electron chi connectivity index (χ0n) is 19.3. The maximum atomic E-state index is 6.43. The molecule has 3 fully saturated rings. The van der Waals surface area contributed by atoms with Crippen molar-refractivity contribution in [2.75, 3.05) is 13.2 Å². The van der Waals surface area contributed by atoms with Gasteiger partial charge >= 0.3 is 0 Å². The van der Waals surface area contributed by atoms with Gasteiger partial charge < -0.3 is 10.1 Å². The number of pyridine rings is 1. The zero-order chi connectivity index (χ0) is 21.4. The molecule has 2 aliphatic carbocycles. The third-order valence-electron chi connectivity index (χ3n) is 9.16. The number of fused-ring (bicyclic) bond motifs is 1. The average Bonchev–Trinajstić information content (AvgIpc) is 3.61. The van der Waals surface area contributed by atoms with Crippen molar-refractivity contribution in [2.24, 2.45) is 5.92 Å². The summed E-state index contributed by atoms with van der Waals surface area (Å²) in [6, 6.07) is 9.73. The largest absolute Gasteiger partial charge is 0.375 e. The predicted molar refractivity (Wildman–Crippen MR) is 125 cm³/mol. The van der Waals surface area contributed by atoms with E-state index in [0.29, 0.717) is 12.1 Å². The molecule has 5 nitrogen and oxygen atoms in total. The Hall–Kier alpha value is -1.72. The lowest BCUT2D eigenvalue weighted by Crippen LogP contribution is -2.47. The molecule has 2 saturated carbocycles. The summed E-state index contributed by atoms with van der Waals surface area (Å²) in [6.45, 7) is 1.90. The van der Waals surface area contributed by atoms with Crippen molar-refractivity contribution in [3.05, 3.63) is 48.0 Å². The van der Waals surface area contributed by atoms with Crippen molar-refractivity contribution in [2.45, 2.75) is 100 Å². The van der Waals surface area contributed by atoms with E-state index >= 15 is 0 Å². The minimum absolute atomic E-state index is 0.0926. The first-order valence-electron chi connectivity index (χ1n) is 13.1. The first-order chi connectivity index (χ1) is 15.8. The van der Waals surface area contributed by atoms with Crippen LogP contribution < -0.4 is 5.32 Å². The molecule has 5 heteroatoms. The summed E-state index contributed by atoms with van der Waals surface area (Å²) in [5.74, 6) is 0.818. The van der Waals surface area contributed by atoms with Gasteiger partial charge in [-0.05, 0) is 82.0 Å². The number of nitrogens with zero attached hydrogens (tertiary/aromatic N) is 3. The topological polar surface area (TPSA) is 52.0 Å². The van der Waals surface area contributed by atoms with Crippen LogP contribution in [0.25, 0.3) is 0 Å². The molecule has 4 heterocycles. The van der Waals surface area contributed by atoms with E-state index in [2.05, 4.69) is 28.2 Å². The third-order valence-corrected chi connectivity index (χ3v) is 9.16. The van der Waals surface area contributed by atoms with Crippen molar-refractivity contribution in [1.29, 1.82) is 0 Å². The van der Waals surface area contributed by atoms with Crippen LogP contribution in [0.15, 0.2) is 36.7 Å². The first-order valence-corrected chi connectivity index (χ1v) is 13.1. The van der Waals surface area contributed by atoms with Crippen LogP contribution in [0, 0.1) is 5.92 Å². The second-order valence-corrected chi connectivity index (χ2v) is 11.0. The second-order valence-electron chi connectivity index (χ2n) is 11.0. The van der Waals surface area contributed by atoms with E-state index < -0.39 is 0 Å². The molecule has 0 bridgehead atoms. The standard InChI is InChI=1S/C27H38N4O/c1-2-8-21(7-1)24-19-22(23-10-16-30-31(23)24)28-17-13-26(25-9-3-6-15-29-25)14-18-32-27(20-26)11-4-5-12-27/h3,6,9-10,15-16,21-22,24,28H,1-2,4-5,7-8,11-14,17-20H2/t22?,24?,26-/m1/s1. The summed E-state index contributed by atoms with van der Waals surface area (Å²) < 4.78 is 8.78. The molecule has 3 atom stereocenters. The number of aromatic nitrogens is 3. The van der Waals surface area contributed by atoms with E-state index in [4.69, 9.17) is 14.8 Å². The monoisotopic (exact) mass is 434 g/mol. The van der Waals surface area contributed by atoms with E-state index in [0.717, 1.165) is 38.3 Å². The highest BCUT2D eigenvalue weighted by molar-refractivity contribution is 5.21. The van der Waals surface area contributed by atoms with Gasteiger partial charge in [-0.1, -0.05) is 31.7 Å². The van der Waals surface area contributed by atoms with Gasteiger partial charge in [0.1, 0.15) is 0 Å². The lowest BCUT2D eigenvalue weighted by molar-refractivity contribution is -0.104. The smallest absolute Gasteiger partial charge is 0.0691 e. The Labute approximate surface area is 192 Å². The molecule has 1 N–H and O–H groups in total. The van der Waals surface area contributed by atoms with Crippen LogP contribution in [-0.2, 0) is 10.2 Å². The number of hydrogen-bond acceptors (Lipinski definition) is 4. The van der Waals surface area contributed by atoms with Gasteiger partial charge in [0.05, 0.1) is 23.4 Å². The molecule has 1 saturated heterocycles. The Kier molecular flexibility index (Phi) is 5.58.